The predicted molar refractivity (Wildman–Crippen MR) is 318 cm³/mol. The van der Waals surface area contributed by atoms with Crippen LogP contribution in [-0.2, 0) is 4.74 Å². The van der Waals surface area contributed by atoms with E-state index in [9.17, 15) is 17.6 Å². The molecule has 2 nitrogen and oxygen atoms in total. The highest BCUT2D eigenvalue weighted by Crippen LogP contribution is 2.70. The lowest BCUT2D eigenvalue weighted by molar-refractivity contribution is -0.0909. The van der Waals surface area contributed by atoms with Gasteiger partial charge in [0.15, 0.2) is 0 Å². The van der Waals surface area contributed by atoms with Crippen LogP contribution in [0.2, 0.25) is 0 Å². The summed E-state index contributed by atoms with van der Waals surface area (Å²) >= 11 is 0. The van der Waals surface area contributed by atoms with Gasteiger partial charge in [0.2, 0.25) is 0 Å². The van der Waals surface area contributed by atoms with Crippen molar-refractivity contribution < 1.29 is 22.3 Å². The van der Waals surface area contributed by atoms with Gasteiger partial charge in [-0.05, 0) is 242 Å². The number of hydrogen-bond acceptors (Lipinski definition) is 2. The molecule has 18 unspecified atom stereocenters. The number of hydrogen-bond donors (Lipinski definition) is 0. The molecule has 0 radical (unpaired) electrons. The Hall–Kier alpha value is -3.25. The topological polar surface area (TPSA) is 21.6 Å². The second-order valence-electron chi connectivity index (χ2n) is 28.4. The summed E-state index contributed by atoms with van der Waals surface area (Å²) in [5.41, 5.74) is 2.88. The normalized spacial score (nSPS) is 40.8. The van der Waals surface area contributed by atoms with Gasteiger partial charge in [0.1, 0.15) is 0 Å². The maximum Gasteiger partial charge on any atom is 0.411 e. The Kier molecular flexibility index (Phi) is 22.0. The number of rotatable bonds is 1. The van der Waals surface area contributed by atoms with Gasteiger partial charge in [-0.1, -0.05) is 148 Å². The first-order valence-electron chi connectivity index (χ1n) is 29.8. The second-order valence-corrected chi connectivity index (χ2v) is 28.4. The molecule has 14 aliphatic rings. The Morgan fingerprint density at radius 1 is 0.566 bits per heavy atom. The highest BCUT2D eigenvalue weighted by Gasteiger charge is 2.63. The summed E-state index contributed by atoms with van der Waals surface area (Å²) in [6.45, 7) is 48.2. The van der Waals surface area contributed by atoms with Crippen molar-refractivity contribution in [1.82, 2.24) is 0 Å². The molecule has 0 spiro atoms. The molecular weight excluding hydrogens is 947 g/mol. The van der Waals surface area contributed by atoms with E-state index in [1.807, 2.05) is 20.8 Å². The zero-order valence-corrected chi connectivity index (χ0v) is 50.3. The Morgan fingerprint density at radius 2 is 1.05 bits per heavy atom. The van der Waals surface area contributed by atoms with Gasteiger partial charge >= 0.3 is 6.18 Å². The first kappa shape index (κ1) is 63.6. The van der Waals surface area contributed by atoms with Gasteiger partial charge in [0.05, 0.1) is 18.0 Å². The quantitative estimate of drug-likeness (QED) is 0.111. The minimum Gasteiger partial charge on any atom is -0.366 e. The molecule has 14 bridgehead atoms. The molecule has 9 fully saturated rings. The van der Waals surface area contributed by atoms with Crippen LogP contribution in [0.3, 0.4) is 0 Å². The summed E-state index contributed by atoms with van der Waals surface area (Å²) in [6, 6.07) is 0. The van der Waals surface area contributed by atoms with Crippen LogP contribution in [0.25, 0.3) is 0 Å². The van der Waals surface area contributed by atoms with Crippen molar-refractivity contribution in [3.63, 3.8) is 0 Å². The van der Waals surface area contributed by atoms with Crippen molar-refractivity contribution in [2.75, 3.05) is 0 Å². The van der Waals surface area contributed by atoms with E-state index in [2.05, 4.69) is 161 Å². The van der Waals surface area contributed by atoms with Gasteiger partial charge in [-0.2, -0.15) is 13.2 Å². The van der Waals surface area contributed by atoms with Crippen molar-refractivity contribution in [3.05, 3.63) is 122 Å². The standard InChI is InChI=1S/C14H20.C13H18.C9H14.C8H12O.C8H12.C4H5F3.C4H7N.C4H8.C3H5F.C3H6/c1-14(2)7-10-6-11(14)13-9-4-3-8(5-9)12(10)13;1-7-4-10-6-11(7)13-9-3-2-8(5-9)12(10)13;1-9(2)6-7-3-4-8(9)5-7;1-8(2)5-6-3-4-7(8)9-6;1-6-4-7-2-3-8(6)5-7;1-3(2)4(5,6)7;1-4(2)5-3;1-4(2)3;1-3(2)4;1-3-2/h3-4,8-13H,5-7H2,1-2H3;2-3,7-13H,4-6H2,1H3;3-4,7-8H,5-6H2,1-2H3;3-4,6-7H,5H2,1-2H3;2-3,6-8H,4-5H2,1H3;1H2,2H3;1,3H2,2H3;1H2,2-3H3;1H2,2H3;3H,1H2,2H3/t;7-,8?,9?,10?,11?,12?,13?;;;6-,7?,8?;;;;;/m.1..1...../s1. The molecule has 0 aromatic rings. The third kappa shape index (κ3) is 16.0. The van der Waals surface area contributed by atoms with Crippen LogP contribution >= 0.6 is 0 Å². The van der Waals surface area contributed by atoms with Crippen molar-refractivity contribution in [2.45, 2.75) is 186 Å². The highest BCUT2D eigenvalue weighted by atomic mass is 19.4. The lowest BCUT2D eigenvalue weighted by Crippen LogP contribution is -2.35. The number of fused-ring (bicyclic) bond motifs is 24. The molecule has 426 valence electrons. The summed E-state index contributed by atoms with van der Waals surface area (Å²) in [5, 5.41) is 0. The molecule has 6 heteroatoms. The van der Waals surface area contributed by atoms with Crippen molar-refractivity contribution in [3.8, 4) is 0 Å². The van der Waals surface area contributed by atoms with Crippen LogP contribution in [-0.4, -0.2) is 25.1 Å². The Labute approximate surface area is 463 Å². The van der Waals surface area contributed by atoms with Crippen LogP contribution in [0.15, 0.2) is 127 Å². The number of halogens is 4. The van der Waals surface area contributed by atoms with Gasteiger partial charge in [-0.3, -0.25) is 4.99 Å². The lowest BCUT2D eigenvalue weighted by Gasteiger charge is -2.41. The zero-order chi connectivity index (χ0) is 56.8. The van der Waals surface area contributed by atoms with Gasteiger partial charge in [0.25, 0.3) is 0 Å². The molecular formula is C70H107F4NO. The molecule has 20 atom stereocenters. The van der Waals surface area contributed by atoms with Crippen molar-refractivity contribution in [2.24, 2.45) is 128 Å². The molecule has 2 aliphatic heterocycles. The minimum absolute atomic E-state index is 0.333. The van der Waals surface area contributed by atoms with E-state index in [0.29, 0.717) is 28.5 Å². The zero-order valence-electron chi connectivity index (χ0n) is 50.3. The Morgan fingerprint density at radius 3 is 1.38 bits per heavy atom. The van der Waals surface area contributed by atoms with Crippen molar-refractivity contribution >= 4 is 6.72 Å². The average Bonchev–Trinajstić information content (AvgIpc) is 4.13. The molecule has 8 saturated carbocycles. The number of nitrogens with zero attached hydrogens (tertiary/aromatic N) is 1. The average molecular weight is 1050 g/mol. The molecule has 0 amide bonds. The summed E-state index contributed by atoms with van der Waals surface area (Å²) in [6.07, 6.45) is 38.8. The molecule has 14 rings (SSSR count). The second kappa shape index (κ2) is 26.3. The predicted octanol–water partition coefficient (Wildman–Crippen LogP) is 20.8. The molecule has 1 saturated heterocycles. The fourth-order valence-electron chi connectivity index (χ4n) is 17.1. The fourth-order valence-corrected chi connectivity index (χ4v) is 17.1. The van der Waals surface area contributed by atoms with Gasteiger partial charge < -0.3 is 4.74 Å². The SMILES string of the molecule is C=C(C)C.C=C(C)C(F)(F)F.C=C(C)F.C=CC.C=NC(=C)C.CC1(C)CC2C=CC1C2.CC1(C)CC2C=CC1O2.CC1(C)CC2CC1C1C3C=CC(C3)C21.C[C@@H]1CC2C=CC1C2.C[C@@H]1CC2CC1C1C3C=CC(C3)C21. The summed E-state index contributed by atoms with van der Waals surface area (Å²) < 4.78 is 49.6. The number of allylic oxidation sites excluding steroid dienone is 13. The number of ether oxygens (including phenoxy) is 1. The maximum atomic E-state index is 11.1. The monoisotopic (exact) mass is 1050 g/mol. The third-order valence-electron chi connectivity index (χ3n) is 20.2. The maximum absolute atomic E-state index is 11.1. The molecule has 0 aromatic heterocycles. The minimum atomic E-state index is -4.19. The summed E-state index contributed by atoms with van der Waals surface area (Å²) in [5.74, 6) is 18.4. The van der Waals surface area contributed by atoms with E-state index in [1.165, 1.54) is 63.9 Å². The van der Waals surface area contributed by atoms with Crippen LogP contribution in [0.4, 0.5) is 17.6 Å². The van der Waals surface area contributed by atoms with Crippen molar-refractivity contribution in [1.29, 1.82) is 0 Å². The molecule has 2 heterocycles. The van der Waals surface area contributed by atoms with Crippen LogP contribution in [0.5, 0.6) is 0 Å². The summed E-state index contributed by atoms with van der Waals surface area (Å²) in [4.78, 5) is 3.44. The smallest absolute Gasteiger partial charge is 0.366 e. The van der Waals surface area contributed by atoms with E-state index >= 15 is 0 Å². The van der Waals surface area contributed by atoms with Gasteiger partial charge in [0, 0.05) is 11.3 Å². The van der Waals surface area contributed by atoms with Crippen LogP contribution in [0, 0.1) is 123 Å². The molecule has 76 heavy (non-hydrogen) atoms. The van der Waals surface area contributed by atoms with Gasteiger partial charge in [-0.15, -0.1) is 13.2 Å². The van der Waals surface area contributed by atoms with E-state index in [0.717, 1.165) is 119 Å². The first-order valence-corrected chi connectivity index (χ1v) is 29.8. The van der Waals surface area contributed by atoms with Crippen LogP contribution < -0.4 is 0 Å². The van der Waals surface area contributed by atoms with E-state index in [4.69, 9.17) is 4.74 Å². The van der Waals surface area contributed by atoms with Gasteiger partial charge in [-0.25, -0.2) is 4.39 Å². The molecule has 0 N–H and O–H groups in total. The highest BCUT2D eigenvalue weighted by molar-refractivity contribution is 5.27. The third-order valence-corrected chi connectivity index (χ3v) is 20.2. The fraction of sp³-hybridized carbons (Fsp3) is 0.700. The van der Waals surface area contributed by atoms with E-state index in [1.54, 1.807) is 32.3 Å². The van der Waals surface area contributed by atoms with E-state index in [-0.39, 0.29) is 5.83 Å². The Bertz CT molecular complexity index is 2100. The number of aliphatic imine (C=N–C) groups is 1. The summed E-state index contributed by atoms with van der Waals surface area (Å²) in [7, 11) is 0. The van der Waals surface area contributed by atoms with E-state index < -0.39 is 11.7 Å². The first-order chi connectivity index (χ1) is 35.3. The number of alkyl halides is 3. The van der Waals surface area contributed by atoms with Crippen LogP contribution in [0.1, 0.15) is 168 Å². The largest absolute Gasteiger partial charge is 0.411 e. The molecule has 0 aromatic carbocycles. The Balaban J connectivity index is 0.000000162. The molecule has 12 aliphatic carbocycles. The lowest BCUT2D eigenvalue weighted by atomic mass is 9.64.